The van der Waals surface area contributed by atoms with Gasteiger partial charge in [-0.25, -0.2) is 0 Å². The number of ether oxygens (including phenoxy) is 1. The Hall–Kier alpha value is -1.88. The lowest BCUT2D eigenvalue weighted by Crippen LogP contribution is -2.41. The first kappa shape index (κ1) is 17.5. The Kier molecular flexibility index (Phi) is 5.77. The van der Waals surface area contributed by atoms with Crippen molar-refractivity contribution in [2.75, 3.05) is 20.2 Å². The quantitative estimate of drug-likeness (QED) is 0.906. The first-order chi connectivity index (χ1) is 10.9. The van der Waals surface area contributed by atoms with E-state index in [0.29, 0.717) is 6.61 Å². The number of rotatable bonds is 5. The van der Waals surface area contributed by atoms with Crippen LogP contribution in [0.1, 0.15) is 37.0 Å². The van der Waals surface area contributed by atoms with Crippen LogP contribution in [0.5, 0.6) is 0 Å². The Bertz CT molecular complexity index is 555. The average molecular weight is 319 g/mol. The van der Waals surface area contributed by atoms with Gasteiger partial charge in [-0.15, -0.1) is 0 Å². The predicted octanol–water partition coefficient (Wildman–Crippen LogP) is 2.64. The highest BCUT2D eigenvalue weighted by Gasteiger charge is 2.35. The Morgan fingerprint density at radius 2 is 2.00 bits per heavy atom. The maximum absolute atomic E-state index is 12.8. The summed E-state index contributed by atoms with van der Waals surface area (Å²) in [5, 5.41) is 9.02. The lowest BCUT2D eigenvalue weighted by atomic mass is 9.88. The fraction of sp³-hybridized carbons (Fsp3) is 0.556. The third-order valence-electron chi connectivity index (χ3n) is 4.39. The van der Waals surface area contributed by atoms with Crippen LogP contribution in [0, 0.1) is 18.8 Å². The molecule has 1 fully saturated rings. The number of aliphatic carboxylic acids is 1. The number of benzene rings is 1. The summed E-state index contributed by atoms with van der Waals surface area (Å²) in [6.07, 6.45) is 1.36. The summed E-state index contributed by atoms with van der Waals surface area (Å²) in [7, 11) is 1.67. The largest absolute Gasteiger partial charge is 0.481 e. The topological polar surface area (TPSA) is 66.8 Å². The van der Waals surface area contributed by atoms with E-state index in [1.54, 1.807) is 14.0 Å². The van der Waals surface area contributed by atoms with E-state index in [9.17, 15) is 9.59 Å². The van der Waals surface area contributed by atoms with Crippen LogP contribution in [0.4, 0.5) is 0 Å². The minimum atomic E-state index is -0.889. The molecule has 1 aromatic carbocycles. The van der Waals surface area contributed by atoms with Gasteiger partial charge < -0.3 is 14.7 Å². The second-order valence-electron chi connectivity index (χ2n) is 6.41. The normalized spacial score (nSPS) is 22.4. The Morgan fingerprint density at radius 1 is 1.35 bits per heavy atom. The smallest absolute Gasteiger partial charge is 0.308 e. The SMILES string of the molecule is Cc1ccc([C@@H]2OCCC[C@@H]2C(=O)N(C)C[C@H](C)C(=O)O)cc1. The van der Waals surface area contributed by atoms with Crippen LogP contribution in [-0.4, -0.2) is 42.1 Å². The van der Waals surface area contributed by atoms with Gasteiger partial charge in [0, 0.05) is 20.2 Å². The molecule has 0 bridgehead atoms. The highest BCUT2D eigenvalue weighted by molar-refractivity contribution is 5.80. The molecule has 1 N–H and O–H groups in total. The summed E-state index contributed by atoms with van der Waals surface area (Å²) in [6.45, 7) is 4.50. The number of amides is 1. The van der Waals surface area contributed by atoms with Gasteiger partial charge in [0.1, 0.15) is 0 Å². The van der Waals surface area contributed by atoms with Gasteiger partial charge in [0.05, 0.1) is 17.9 Å². The van der Waals surface area contributed by atoms with Gasteiger partial charge in [-0.2, -0.15) is 0 Å². The van der Waals surface area contributed by atoms with Crippen LogP contribution in [0.2, 0.25) is 0 Å². The Morgan fingerprint density at radius 3 is 2.61 bits per heavy atom. The number of carboxylic acids is 1. The Balaban J connectivity index is 2.12. The van der Waals surface area contributed by atoms with E-state index in [2.05, 4.69) is 0 Å². The minimum absolute atomic E-state index is 0.0385. The minimum Gasteiger partial charge on any atom is -0.481 e. The molecule has 5 heteroatoms. The van der Waals surface area contributed by atoms with Crippen LogP contribution in [0.3, 0.4) is 0 Å². The summed E-state index contributed by atoms with van der Waals surface area (Å²) < 4.78 is 5.88. The summed E-state index contributed by atoms with van der Waals surface area (Å²) in [6, 6.07) is 8.05. The van der Waals surface area contributed by atoms with Gasteiger partial charge in [0.2, 0.25) is 5.91 Å². The van der Waals surface area contributed by atoms with E-state index in [4.69, 9.17) is 9.84 Å². The molecule has 0 unspecified atom stereocenters. The average Bonchev–Trinajstić information content (AvgIpc) is 2.54. The van der Waals surface area contributed by atoms with Crippen molar-refractivity contribution in [3.8, 4) is 0 Å². The van der Waals surface area contributed by atoms with Crippen LogP contribution >= 0.6 is 0 Å². The first-order valence-electron chi connectivity index (χ1n) is 8.06. The monoisotopic (exact) mass is 319 g/mol. The molecule has 0 saturated carbocycles. The maximum Gasteiger partial charge on any atom is 0.308 e. The molecule has 1 saturated heterocycles. The van der Waals surface area contributed by atoms with Crippen molar-refractivity contribution >= 4 is 11.9 Å². The van der Waals surface area contributed by atoms with Crippen molar-refractivity contribution in [3.05, 3.63) is 35.4 Å². The number of aryl methyl sites for hydroxylation is 1. The summed E-state index contributed by atoms with van der Waals surface area (Å²) >= 11 is 0. The molecule has 1 heterocycles. The molecular weight excluding hydrogens is 294 g/mol. The lowest BCUT2D eigenvalue weighted by Gasteiger charge is -2.34. The zero-order valence-corrected chi connectivity index (χ0v) is 14.0. The maximum atomic E-state index is 12.8. The van der Waals surface area contributed by atoms with Crippen molar-refractivity contribution in [1.29, 1.82) is 0 Å². The molecule has 0 spiro atoms. The van der Waals surface area contributed by atoms with E-state index in [0.717, 1.165) is 18.4 Å². The molecule has 126 valence electrons. The zero-order valence-electron chi connectivity index (χ0n) is 14.0. The molecule has 1 aliphatic heterocycles. The molecule has 1 aliphatic rings. The second kappa shape index (κ2) is 7.59. The van der Waals surface area contributed by atoms with Crippen LogP contribution in [0.15, 0.2) is 24.3 Å². The summed E-state index contributed by atoms with van der Waals surface area (Å²) in [5.41, 5.74) is 2.17. The van der Waals surface area contributed by atoms with Gasteiger partial charge in [0.15, 0.2) is 0 Å². The van der Waals surface area contributed by atoms with Crippen molar-refractivity contribution in [2.24, 2.45) is 11.8 Å². The molecule has 0 aliphatic carbocycles. The standard InChI is InChI=1S/C18H25NO4/c1-12-6-8-14(9-7-12)16-15(5-4-10-23-16)17(20)19(3)11-13(2)18(21)22/h6-9,13,15-16H,4-5,10-11H2,1-3H3,(H,21,22)/t13-,15-,16-/m0/s1. The van der Waals surface area contributed by atoms with Gasteiger partial charge >= 0.3 is 5.97 Å². The van der Waals surface area contributed by atoms with E-state index >= 15 is 0 Å². The Labute approximate surface area is 137 Å². The molecule has 0 radical (unpaired) electrons. The van der Waals surface area contributed by atoms with Crippen molar-refractivity contribution in [3.63, 3.8) is 0 Å². The first-order valence-corrected chi connectivity index (χ1v) is 8.06. The van der Waals surface area contributed by atoms with Gasteiger partial charge in [-0.05, 0) is 25.3 Å². The van der Waals surface area contributed by atoms with Gasteiger partial charge in [0.25, 0.3) is 0 Å². The van der Waals surface area contributed by atoms with Crippen LogP contribution in [0.25, 0.3) is 0 Å². The highest BCUT2D eigenvalue weighted by Crippen LogP contribution is 2.35. The number of carbonyl (C=O) groups is 2. The van der Waals surface area contributed by atoms with E-state index < -0.39 is 11.9 Å². The fourth-order valence-corrected chi connectivity index (χ4v) is 2.98. The van der Waals surface area contributed by atoms with E-state index in [1.165, 1.54) is 10.5 Å². The second-order valence-corrected chi connectivity index (χ2v) is 6.41. The summed E-state index contributed by atoms with van der Waals surface area (Å²) in [5.74, 6) is -1.76. The summed E-state index contributed by atoms with van der Waals surface area (Å²) in [4.78, 5) is 25.3. The van der Waals surface area contributed by atoms with Gasteiger partial charge in [-0.3, -0.25) is 9.59 Å². The number of hydrogen-bond acceptors (Lipinski definition) is 3. The van der Waals surface area contributed by atoms with Crippen molar-refractivity contribution in [1.82, 2.24) is 4.90 Å². The molecule has 3 atom stereocenters. The zero-order chi connectivity index (χ0) is 17.0. The molecule has 2 rings (SSSR count). The van der Waals surface area contributed by atoms with Crippen molar-refractivity contribution < 1.29 is 19.4 Å². The molecule has 5 nitrogen and oxygen atoms in total. The number of hydrogen-bond donors (Lipinski definition) is 1. The molecule has 1 aromatic rings. The number of carboxylic acid groups (broad SMARTS) is 1. The van der Waals surface area contributed by atoms with E-state index in [-0.39, 0.29) is 24.5 Å². The highest BCUT2D eigenvalue weighted by atomic mass is 16.5. The van der Waals surface area contributed by atoms with E-state index in [1.807, 2.05) is 31.2 Å². The number of carbonyl (C=O) groups excluding carboxylic acids is 1. The number of nitrogens with zero attached hydrogens (tertiary/aromatic N) is 1. The predicted molar refractivity (Wildman–Crippen MR) is 87.0 cm³/mol. The van der Waals surface area contributed by atoms with Crippen molar-refractivity contribution in [2.45, 2.75) is 32.8 Å². The third kappa shape index (κ3) is 4.32. The van der Waals surface area contributed by atoms with Gasteiger partial charge in [-0.1, -0.05) is 36.8 Å². The van der Waals surface area contributed by atoms with Crippen LogP contribution in [-0.2, 0) is 14.3 Å². The third-order valence-corrected chi connectivity index (χ3v) is 4.39. The van der Waals surface area contributed by atoms with Crippen LogP contribution < -0.4 is 0 Å². The molecule has 23 heavy (non-hydrogen) atoms. The lowest BCUT2D eigenvalue weighted by molar-refractivity contribution is -0.147. The molecule has 0 aromatic heterocycles. The molecule has 1 amide bonds. The molecular formula is C18H25NO4. The fourth-order valence-electron chi connectivity index (χ4n) is 2.98.